The van der Waals surface area contributed by atoms with Crippen LogP contribution in [-0.2, 0) is 53.6 Å². The number of benzene rings is 2. The molecule has 0 radical (unpaired) electrons. The topological polar surface area (TPSA) is 93.1 Å². The maximum absolute atomic E-state index is 15.7. The molecule has 0 amide bonds. The molecule has 2 aromatic rings. The van der Waals surface area contributed by atoms with E-state index in [4.69, 9.17) is 9.47 Å². The Morgan fingerprint density at radius 3 is 0.932 bits per heavy atom. The van der Waals surface area contributed by atoms with Crippen LogP contribution >= 0.6 is 23.5 Å². The van der Waals surface area contributed by atoms with Gasteiger partial charge in [0.25, 0.3) is 0 Å². The Hall–Kier alpha value is -2.32. The molecule has 0 unspecified atom stereocenters. The number of hydrogen-bond donors (Lipinski definition) is 2. The first-order valence-electron chi connectivity index (χ1n) is 21.8. The Kier molecular flexibility index (Phi) is 13.5. The third-order valence-electron chi connectivity index (χ3n) is 11.9. The van der Waals surface area contributed by atoms with E-state index in [1.165, 1.54) is 0 Å². The molecule has 4 rings (SSSR count). The van der Waals surface area contributed by atoms with E-state index in [2.05, 4.69) is 138 Å². The summed E-state index contributed by atoms with van der Waals surface area (Å²) >= 11 is 3.81. The Labute approximate surface area is 367 Å². The predicted octanol–water partition coefficient (Wildman–Crippen LogP) is 13.1. The minimum absolute atomic E-state index is 0.0101. The fourth-order valence-corrected chi connectivity index (χ4v) is 13.8. The van der Waals surface area contributed by atoms with Crippen LogP contribution in [0.5, 0.6) is 11.5 Å². The molecule has 0 saturated carbocycles. The van der Waals surface area contributed by atoms with Crippen molar-refractivity contribution in [1.82, 2.24) is 0 Å². The highest BCUT2D eigenvalue weighted by atomic mass is 32.2. The highest BCUT2D eigenvalue weighted by molar-refractivity contribution is 8.02. The van der Waals surface area contributed by atoms with Crippen molar-refractivity contribution in [2.24, 2.45) is 5.41 Å². The number of carbonyl (C=O) groups is 2. The molecule has 0 atom stereocenters. The van der Waals surface area contributed by atoms with Crippen LogP contribution < -0.4 is 0 Å². The smallest absolute Gasteiger partial charge is 0.324 e. The average molecular weight is 853 g/mol. The van der Waals surface area contributed by atoms with Crippen molar-refractivity contribution in [3.05, 3.63) is 57.6 Å². The zero-order valence-corrected chi connectivity index (χ0v) is 42.2. The maximum Gasteiger partial charge on any atom is 0.324 e. The SMILES string of the molecule is CC1(C)CC(OC(=O)C(Cc2cc(C(C)(C)C)c(O)c(C(C)(C)C)c2)(Cc2cc(C(C)(C)C)c(O)c(C(C)(C)C)c2)C(=O)OC2CC(C)(C)SC(C)(C)C2)CC(C)(C)S1. The highest BCUT2D eigenvalue weighted by Gasteiger charge is 2.54. The van der Waals surface area contributed by atoms with Crippen molar-refractivity contribution >= 4 is 35.5 Å². The molecule has 2 aromatic carbocycles. The Morgan fingerprint density at radius 1 is 0.508 bits per heavy atom. The van der Waals surface area contributed by atoms with Gasteiger partial charge in [0.1, 0.15) is 23.7 Å². The van der Waals surface area contributed by atoms with E-state index in [-0.39, 0.29) is 43.3 Å². The zero-order chi connectivity index (χ0) is 45.3. The Morgan fingerprint density at radius 2 is 0.729 bits per heavy atom. The average Bonchev–Trinajstić information content (AvgIpc) is 2.96. The minimum Gasteiger partial charge on any atom is -0.507 e. The van der Waals surface area contributed by atoms with Crippen molar-refractivity contribution in [3.63, 3.8) is 0 Å². The lowest BCUT2D eigenvalue weighted by Gasteiger charge is -2.45. The van der Waals surface area contributed by atoms with Gasteiger partial charge in [-0.3, -0.25) is 9.59 Å². The molecule has 2 saturated heterocycles. The lowest BCUT2D eigenvalue weighted by Crippen LogP contribution is -2.51. The van der Waals surface area contributed by atoms with Gasteiger partial charge in [-0.1, -0.05) is 163 Å². The van der Waals surface area contributed by atoms with Gasteiger partial charge in [-0.15, -0.1) is 23.5 Å². The number of carbonyl (C=O) groups excluding carboxylic acids is 2. The van der Waals surface area contributed by atoms with Crippen molar-refractivity contribution in [1.29, 1.82) is 0 Å². The molecule has 0 aliphatic carbocycles. The fourth-order valence-electron chi connectivity index (χ4n) is 9.71. The Bertz CT molecular complexity index is 1650. The van der Waals surface area contributed by atoms with Crippen molar-refractivity contribution in [3.8, 4) is 11.5 Å². The monoisotopic (exact) mass is 853 g/mol. The highest BCUT2D eigenvalue weighted by Crippen LogP contribution is 2.51. The van der Waals surface area contributed by atoms with Gasteiger partial charge in [-0.25, -0.2) is 0 Å². The summed E-state index contributed by atoms with van der Waals surface area (Å²) in [5.74, 6) is -0.692. The molecule has 0 spiro atoms. The predicted molar refractivity (Wildman–Crippen MR) is 251 cm³/mol. The lowest BCUT2D eigenvalue weighted by atomic mass is 9.71. The maximum atomic E-state index is 15.7. The van der Waals surface area contributed by atoms with Crippen LogP contribution in [-0.4, -0.2) is 53.3 Å². The molecule has 0 aromatic heterocycles. The molecule has 0 bridgehead atoms. The summed E-state index contributed by atoms with van der Waals surface area (Å²) in [6, 6.07) is 7.91. The van der Waals surface area contributed by atoms with Crippen molar-refractivity contribution in [2.75, 3.05) is 0 Å². The first kappa shape index (κ1) is 49.3. The molecular formula is C51H80O6S2. The molecular weight excluding hydrogens is 773 g/mol. The molecule has 2 aliphatic rings. The van der Waals surface area contributed by atoms with Gasteiger partial charge in [0, 0.05) is 19.0 Å². The summed E-state index contributed by atoms with van der Waals surface area (Å²) in [4.78, 5) is 31.5. The molecule has 2 fully saturated rings. The number of ether oxygens (including phenoxy) is 2. The van der Waals surface area contributed by atoms with Gasteiger partial charge in [0.15, 0.2) is 5.41 Å². The second kappa shape index (κ2) is 16.1. The summed E-state index contributed by atoms with van der Waals surface area (Å²) < 4.78 is 12.9. The molecule has 8 heteroatoms. The first-order valence-corrected chi connectivity index (χ1v) is 23.5. The standard InChI is InChI=1S/C51H80O6S2/c1-43(2,3)35-21-31(22-36(39(35)52)44(4,5)6)25-51(41(54)56-33-27-47(13,14)58-48(15,16)28-33,42(55)57-34-29-49(17,18)59-50(19,20)30-34)26-32-23-37(45(7,8)9)40(53)38(24-32)46(10,11)12/h21-24,33-34,52-53H,25-30H2,1-20H3. The third-order valence-corrected chi connectivity index (χ3v) is 14.8. The van der Waals surface area contributed by atoms with E-state index in [0.717, 1.165) is 33.4 Å². The second-order valence-corrected chi connectivity index (χ2v) is 29.5. The summed E-state index contributed by atoms with van der Waals surface area (Å²) in [6.45, 7) is 42.4. The molecule has 2 N–H and O–H groups in total. The number of esters is 2. The van der Waals surface area contributed by atoms with Crippen LogP contribution in [0.3, 0.4) is 0 Å². The largest absolute Gasteiger partial charge is 0.507 e. The van der Waals surface area contributed by atoms with Crippen LogP contribution in [0.25, 0.3) is 0 Å². The summed E-state index contributed by atoms with van der Waals surface area (Å²) in [6.07, 6.45) is 1.83. The summed E-state index contributed by atoms with van der Waals surface area (Å²) in [7, 11) is 0. The van der Waals surface area contributed by atoms with Crippen LogP contribution in [0.4, 0.5) is 0 Å². The zero-order valence-electron chi connectivity index (χ0n) is 40.6. The molecule has 2 heterocycles. The quantitative estimate of drug-likeness (QED) is 0.200. The van der Waals surface area contributed by atoms with Crippen LogP contribution in [0.1, 0.15) is 198 Å². The number of thioether (sulfide) groups is 2. The van der Waals surface area contributed by atoms with E-state index in [1.807, 2.05) is 47.8 Å². The van der Waals surface area contributed by atoms with Crippen molar-refractivity contribution < 1.29 is 29.3 Å². The molecule has 6 nitrogen and oxygen atoms in total. The van der Waals surface area contributed by atoms with E-state index in [0.29, 0.717) is 25.7 Å². The van der Waals surface area contributed by atoms with E-state index in [9.17, 15) is 10.2 Å². The first-order chi connectivity index (χ1) is 26.3. The number of phenolic OH excluding ortho intramolecular Hbond substituents is 2. The van der Waals surface area contributed by atoms with Gasteiger partial charge in [0.05, 0.1) is 0 Å². The Balaban J connectivity index is 2.08. The number of hydrogen-bond acceptors (Lipinski definition) is 8. The number of rotatable bonds is 8. The van der Waals surface area contributed by atoms with E-state index in [1.54, 1.807) is 0 Å². The molecule has 2 aliphatic heterocycles. The van der Waals surface area contributed by atoms with E-state index >= 15 is 9.59 Å². The van der Waals surface area contributed by atoms with Crippen LogP contribution in [0, 0.1) is 5.41 Å². The molecule has 332 valence electrons. The van der Waals surface area contributed by atoms with Gasteiger partial charge >= 0.3 is 11.9 Å². The van der Waals surface area contributed by atoms with Gasteiger partial charge < -0.3 is 19.7 Å². The van der Waals surface area contributed by atoms with Crippen LogP contribution in [0.2, 0.25) is 0 Å². The van der Waals surface area contributed by atoms with Gasteiger partial charge in [0.2, 0.25) is 0 Å². The van der Waals surface area contributed by atoms with Gasteiger partial charge in [-0.2, -0.15) is 0 Å². The lowest BCUT2D eigenvalue weighted by molar-refractivity contribution is -0.180. The van der Waals surface area contributed by atoms with E-state index < -0.39 is 51.2 Å². The van der Waals surface area contributed by atoms with Gasteiger partial charge in [-0.05, 0) is 93.6 Å². The second-order valence-electron chi connectivity index (χ2n) is 24.6. The van der Waals surface area contributed by atoms with Crippen molar-refractivity contribution in [2.45, 2.75) is 230 Å². The third kappa shape index (κ3) is 12.0. The summed E-state index contributed by atoms with van der Waals surface area (Å²) in [5.41, 5.74) is 1.01. The normalized spacial score (nSPS) is 20.3. The number of phenols is 2. The fraction of sp³-hybridized carbons (Fsp3) is 0.725. The minimum atomic E-state index is -1.81. The summed E-state index contributed by atoms with van der Waals surface area (Å²) in [5, 5.41) is 23.6. The molecule has 59 heavy (non-hydrogen) atoms. The number of aromatic hydroxyl groups is 2. The van der Waals surface area contributed by atoms with Crippen LogP contribution in [0.15, 0.2) is 24.3 Å².